The van der Waals surface area contributed by atoms with Crippen molar-refractivity contribution in [3.05, 3.63) is 46.9 Å². The second kappa shape index (κ2) is 4.72. The standard InChI is InChI=1S/C13H10ClFO2/c1-8(16)6-10-3-5-13(17-10)11-7-9(15)2-4-12(11)14/h2-5,7H,6H2,1H3. The summed E-state index contributed by atoms with van der Waals surface area (Å²) in [5.41, 5.74) is 0.487. The molecule has 2 nitrogen and oxygen atoms in total. The monoisotopic (exact) mass is 252 g/mol. The molecule has 88 valence electrons. The van der Waals surface area contributed by atoms with E-state index in [2.05, 4.69) is 0 Å². The zero-order chi connectivity index (χ0) is 12.4. The Kier molecular flexibility index (Phi) is 3.29. The molecule has 4 heteroatoms. The Morgan fingerprint density at radius 3 is 2.82 bits per heavy atom. The Labute approximate surface area is 103 Å². The number of furan rings is 1. The van der Waals surface area contributed by atoms with E-state index in [1.165, 1.54) is 25.1 Å². The number of benzene rings is 1. The van der Waals surface area contributed by atoms with Crippen molar-refractivity contribution in [2.24, 2.45) is 0 Å². The fraction of sp³-hybridized carbons (Fsp3) is 0.154. The fourth-order valence-corrected chi connectivity index (χ4v) is 1.76. The van der Waals surface area contributed by atoms with Crippen LogP contribution in [0.5, 0.6) is 0 Å². The molecule has 0 fully saturated rings. The molecule has 1 heterocycles. The SMILES string of the molecule is CC(=O)Cc1ccc(-c2cc(F)ccc2Cl)o1. The van der Waals surface area contributed by atoms with Gasteiger partial charge in [0, 0.05) is 5.56 Å². The second-order valence-electron chi connectivity index (χ2n) is 3.77. The first-order valence-electron chi connectivity index (χ1n) is 5.10. The van der Waals surface area contributed by atoms with Crippen LogP contribution in [-0.2, 0) is 11.2 Å². The quantitative estimate of drug-likeness (QED) is 0.830. The topological polar surface area (TPSA) is 30.2 Å². The summed E-state index contributed by atoms with van der Waals surface area (Å²) in [6.45, 7) is 1.48. The maximum atomic E-state index is 13.1. The molecule has 0 N–H and O–H groups in total. The summed E-state index contributed by atoms with van der Waals surface area (Å²) in [6.07, 6.45) is 0.229. The van der Waals surface area contributed by atoms with Gasteiger partial charge in [0.1, 0.15) is 23.1 Å². The van der Waals surface area contributed by atoms with Gasteiger partial charge in [-0.05, 0) is 37.3 Å². The Morgan fingerprint density at radius 2 is 2.12 bits per heavy atom. The van der Waals surface area contributed by atoms with E-state index >= 15 is 0 Å². The van der Waals surface area contributed by atoms with Crippen LogP contribution in [-0.4, -0.2) is 5.78 Å². The van der Waals surface area contributed by atoms with E-state index in [0.717, 1.165) is 0 Å². The Bertz CT molecular complexity index is 560. The van der Waals surface area contributed by atoms with E-state index in [9.17, 15) is 9.18 Å². The van der Waals surface area contributed by atoms with E-state index in [1.54, 1.807) is 12.1 Å². The van der Waals surface area contributed by atoms with Crippen LogP contribution in [0.25, 0.3) is 11.3 Å². The summed E-state index contributed by atoms with van der Waals surface area (Å²) < 4.78 is 18.5. The largest absolute Gasteiger partial charge is 0.461 e. The maximum absolute atomic E-state index is 13.1. The van der Waals surface area contributed by atoms with E-state index in [1.807, 2.05) is 0 Å². The van der Waals surface area contributed by atoms with Crippen LogP contribution in [0.3, 0.4) is 0 Å². The highest BCUT2D eigenvalue weighted by atomic mass is 35.5. The van der Waals surface area contributed by atoms with Crippen LogP contribution < -0.4 is 0 Å². The molecule has 0 bridgehead atoms. The molecule has 0 unspecified atom stereocenters. The normalized spacial score (nSPS) is 10.5. The van der Waals surface area contributed by atoms with Gasteiger partial charge in [0.15, 0.2) is 0 Å². The summed E-state index contributed by atoms with van der Waals surface area (Å²) in [5.74, 6) is 0.642. The van der Waals surface area contributed by atoms with Crippen molar-refractivity contribution in [2.75, 3.05) is 0 Å². The first kappa shape index (κ1) is 11.9. The predicted molar refractivity (Wildman–Crippen MR) is 63.5 cm³/mol. The van der Waals surface area contributed by atoms with Crippen molar-refractivity contribution in [1.29, 1.82) is 0 Å². The van der Waals surface area contributed by atoms with Crippen molar-refractivity contribution >= 4 is 17.4 Å². The van der Waals surface area contributed by atoms with Crippen LogP contribution in [0.4, 0.5) is 4.39 Å². The summed E-state index contributed by atoms with van der Waals surface area (Å²) in [4.78, 5) is 10.9. The van der Waals surface area contributed by atoms with Gasteiger partial charge < -0.3 is 4.42 Å². The summed E-state index contributed by atoms with van der Waals surface area (Å²) in [7, 11) is 0. The van der Waals surface area contributed by atoms with Crippen LogP contribution in [0, 0.1) is 5.82 Å². The molecule has 0 radical (unpaired) electrons. The number of halogens is 2. The summed E-state index contributed by atoms with van der Waals surface area (Å²) >= 11 is 5.95. The average Bonchev–Trinajstić information content (AvgIpc) is 2.69. The van der Waals surface area contributed by atoms with E-state index < -0.39 is 0 Å². The number of Topliss-reactive ketones (excluding diaryl/α,β-unsaturated/α-hetero) is 1. The molecule has 0 aliphatic heterocycles. The maximum Gasteiger partial charge on any atom is 0.137 e. The van der Waals surface area contributed by atoms with Gasteiger partial charge in [0.2, 0.25) is 0 Å². The van der Waals surface area contributed by atoms with Crippen molar-refractivity contribution in [3.63, 3.8) is 0 Å². The first-order chi connectivity index (χ1) is 8.06. The van der Waals surface area contributed by atoms with Crippen molar-refractivity contribution in [1.82, 2.24) is 0 Å². The fourth-order valence-electron chi connectivity index (χ4n) is 1.55. The predicted octanol–water partition coefficient (Wildman–Crippen LogP) is 3.87. The van der Waals surface area contributed by atoms with E-state index in [0.29, 0.717) is 22.1 Å². The molecular formula is C13H10ClFO2. The van der Waals surface area contributed by atoms with Gasteiger partial charge in [-0.3, -0.25) is 4.79 Å². The summed E-state index contributed by atoms with van der Waals surface area (Å²) in [5, 5.41) is 0.412. The van der Waals surface area contributed by atoms with Crippen LogP contribution in [0.15, 0.2) is 34.7 Å². The Hall–Kier alpha value is -1.61. The van der Waals surface area contributed by atoms with Crippen molar-refractivity contribution in [2.45, 2.75) is 13.3 Å². The minimum absolute atomic E-state index is 0.0104. The van der Waals surface area contributed by atoms with Gasteiger partial charge in [-0.1, -0.05) is 11.6 Å². The lowest BCUT2D eigenvalue weighted by atomic mass is 10.2. The molecule has 17 heavy (non-hydrogen) atoms. The Morgan fingerprint density at radius 1 is 1.35 bits per heavy atom. The molecule has 1 aromatic heterocycles. The lowest BCUT2D eigenvalue weighted by Crippen LogP contribution is -1.93. The number of hydrogen-bond acceptors (Lipinski definition) is 2. The van der Waals surface area contributed by atoms with Crippen LogP contribution in [0.1, 0.15) is 12.7 Å². The number of carbonyl (C=O) groups excluding carboxylic acids is 1. The Balaban J connectivity index is 2.36. The minimum atomic E-state index is -0.381. The van der Waals surface area contributed by atoms with E-state index in [-0.39, 0.29) is 18.0 Å². The lowest BCUT2D eigenvalue weighted by molar-refractivity contribution is -0.116. The molecule has 0 amide bonds. The third-order valence-electron chi connectivity index (χ3n) is 2.28. The molecule has 2 aromatic rings. The number of hydrogen-bond donors (Lipinski definition) is 0. The van der Waals surface area contributed by atoms with Crippen molar-refractivity contribution in [3.8, 4) is 11.3 Å². The molecule has 0 aliphatic carbocycles. The molecule has 0 aliphatic rings. The van der Waals surface area contributed by atoms with Gasteiger partial charge >= 0.3 is 0 Å². The lowest BCUT2D eigenvalue weighted by Gasteiger charge is -2.00. The second-order valence-corrected chi connectivity index (χ2v) is 4.18. The zero-order valence-corrected chi connectivity index (χ0v) is 9.92. The van der Waals surface area contributed by atoms with Crippen molar-refractivity contribution < 1.29 is 13.6 Å². The van der Waals surface area contributed by atoms with Crippen LogP contribution in [0.2, 0.25) is 5.02 Å². The zero-order valence-electron chi connectivity index (χ0n) is 9.17. The highest BCUT2D eigenvalue weighted by molar-refractivity contribution is 6.33. The smallest absolute Gasteiger partial charge is 0.137 e. The summed E-state index contributed by atoms with van der Waals surface area (Å²) in [6, 6.07) is 7.43. The highest BCUT2D eigenvalue weighted by Gasteiger charge is 2.10. The molecular weight excluding hydrogens is 243 g/mol. The number of ketones is 1. The molecule has 0 saturated carbocycles. The molecule has 1 aromatic carbocycles. The molecule has 0 spiro atoms. The average molecular weight is 253 g/mol. The number of rotatable bonds is 3. The van der Waals surface area contributed by atoms with Gasteiger partial charge in [0.25, 0.3) is 0 Å². The minimum Gasteiger partial charge on any atom is -0.461 e. The van der Waals surface area contributed by atoms with Gasteiger partial charge in [-0.15, -0.1) is 0 Å². The van der Waals surface area contributed by atoms with Gasteiger partial charge in [-0.25, -0.2) is 4.39 Å². The van der Waals surface area contributed by atoms with E-state index in [4.69, 9.17) is 16.0 Å². The first-order valence-corrected chi connectivity index (χ1v) is 5.47. The number of carbonyl (C=O) groups is 1. The third-order valence-corrected chi connectivity index (χ3v) is 2.61. The van der Waals surface area contributed by atoms with Gasteiger partial charge in [0.05, 0.1) is 11.4 Å². The molecule has 0 saturated heterocycles. The molecule has 0 atom stereocenters. The van der Waals surface area contributed by atoms with Crippen LogP contribution >= 0.6 is 11.6 Å². The third kappa shape index (κ3) is 2.74. The molecule has 2 rings (SSSR count). The highest BCUT2D eigenvalue weighted by Crippen LogP contribution is 2.30. The van der Waals surface area contributed by atoms with Gasteiger partial charge in [-0.2, -0.15) is 0 Å².